The van der Waals surface area contributed by atoms with E-state index in [4.69, 9.17) is 4.74 Å². The van der Waals surface area contributed by atoms with Crippen LogP contribution < -0.4 is 15.0 Å². The number of para-hydroxylation sites is 1. The summed E-state index contributed by atoms with van der Waals surface area (Å²) < 4.78 is 5.79. The van der Waals surface area contributed by atoms with Crippen molar-refractivity contribution in [2.45, 2.75) is 25.8 Å². The third kappa shape index (κ3) is 3.95. The molecule has 1 amide bonds. The number of amides is 1. The van der Waals surface area contributed by atoms with Crippen LogP contribution in [0.2, 0.25) is 0 Å². The Bertz CT molecular complexity index is 670. The maximum absolute atomic E-state index is 12.7. The van der Waals surface area contributed by atoms with Gasteiger partial charge in [-0.25, -0.2) is 0 Å². The molecule has 0 spiro atoms. The van der Waals surface area contributed by atoms with Gasteiger partial charge in [-0.1, -0.05) is 18.2 Å². The van der Waals surface area contributed by atoms with Gasteiger partial charge in [0.25, 0.3) is 0 Å². The van der Waals surface area contributed by atoms with Gasteiger partial charge in [0.15, 0.2) is 0 Å². The minimum absolute atomic E-state index is 0.103. The Morgan fingerprint density at radius 3 is 2.42 bits per heavy atom. The summed E-state index contributed by atoms with van der Waals surface area (Å²) in [5, 5.41) is 3.39. The molecule has 0 bridgehead atoms. The van der Waals surface area contributed by atoms with Gasteiger partial charge in [-0.3, -0.25) is 4.79 Å². The van der Waals surface area contributed by atoms with E-state index in [1.807, 2.05) is 61.6 Å². The molecule has 1 aliphatic rings. The highest BCUT2D eigenvalue weighted by molar-refractivity contribution is 5.94. The number of nitrogens with one attached hydrogen (secondary N) is 1. The zero-order valence-corrected chi connectivity index (χ0v) is 14.2. The molecular weight excluding hydrogens is 300 g/mol. The Labute approximate surface area is 143 Å². The Morgan fingerprint density at radius 2 is 1.75 bits per heavy atom. The number of piperidine rings is 1. The fraction of sp³-hybridized carbons (Fsp3) is 0.350. The molecule has 4 heteroatoms. The number of hydrogen-bond acceptors (Lipinski definition) is 3. The van der Waals surface area contributed by atoms with Crippen molar-refractivity contribution in [1.29, 1.82) is 0 Å². The molecule has 126 valence electrons. The average molecular weight is 324 g/mol. The molecule has 4 nitrogen and oxygen atoms in total. The van der Waals surface area contributed by atoms with E-state index >= 15 is 0 Å². The molecule has 24 heavy (non-hydrogen) atoms. The molecule has 3 rings (SSSR count). The van der Waals surface area contributed by atoms with Crippen LogP contribution >= 0.6 is 0 Å². The van der Waals surface area contributed by atoms with Crippen molar-refractivity contribution in [1.82, 2.24) is 5.32 Å². The third-order valence-electron chi connectivity index (χ3n) is 4.51. The Hall–Kier alpha value is -2.33. The summed E-state index contributed by atoms with van der Waals surface area (Å²) >= 11 is 0. The first kappa shape index (κ1) is 16.5. The summed E-state index contributed by atoms with van der Waals surface area (Å²) in [6.45, 7) is 3.05. The summed E-state index contributed by atoms with van der Waals surface area (Å²) in [5.74, 6) is 1.87. The van der Waals surface area contributed by atoms with Gasteiger partial charge >= 0.3 is 0 Å². The van der Waals surface area contributed by atoms with Crippen molar-refractivity contribution >= 4 is 11.6 Å². The molecule has 0 aliphatic carbocycles. The lowest BCUT2D eigenvalue weighted by Crippen LogP contribution is -2.43. The minimum atomic E-state index is 0.103. The number of hydrogen-bond donors (Lipinski definition) is 1. The van der Waals surface area contributed by atoms with E-state index in [0.29, 0.717) is 6.04 Å². The molecule has 2 aromatic rings. The molecule has 2 atom stereocenters. The molecule has 1 saturated heterocycles. The quantitative estimate of drug-likeness (QED) is 0.929. The van der Waals surface area contributed by atoms with Crippen LogP contribution in [0.25, 0.3) is 0 Å². The lowest BCUT2D eigenvalue weighted by Gasteiger charge is -2.30. The smallest absolute Gasteiger partial charge is 0.229 e. The Kier molecular flexibility index (Phi) is 5.16. The van der Waals surface area contributed by atoms with Crippen LogP contribution in [0.4, 0.5) is 5.69 Å². The summed E-state index contributed by atoms with van der Waals surface area (Å²) in [4.78, 5) is 14.4. The molecular formula is C20H24N2O2. The molecule has 0 radical (unpaired) electrons. The first-order valence-corrected chi connectivity index (χ1v) is 8.47. The first-order valence-electron chi connectivity index (χ1n) is 8.47. The molecule has 1 aliphatic heterocycles. The van der Waals surface area contributed by atoms with Gasteiger partial charge in [-0.15, -0.1) is 0 Å². The van der Waals surface area contributed by atoms with E-state index in [1.165, 1.54) is 0 Å². The summed E-state index contributed by atoms with van der Waals surface area (Å²) in [6.07, 6.45) is 1.81. The second kappa shape index (κ2) is 7.49. The number of carbonyl (C=O) groups is 1. The number of carbonyl (C=O) groups excluding carboxylic acids is 1. The first-order chi connectivity index (χ1) is 11.6. The average Bonchev–Trinajstić information content (AvgIpc) is 2.62. The number of anilines is 1. The zero-order valence-electron chi connectivity index (χ0n) is 14.2. The molecule has 1 fully saturated rings. The van der Waals surface area contributed by atoms with Gasteiger partial charge in [0.05, 0.1) is 0 Å². The van der Waals surface area contributed by atoms with Gasteiger partial charge in [0, 0.05) is 24.7 Å². The van der Waals surface area contributed by atoms with E-state index in [-0.39, 0.29) is 11.8 Å². The summed E-state index contributed by atoms with van der Waals surface area (Å²) in [5.41, 5.74) is 0.895. The largest absolute Gasteiger partial charge is 0.457 e. The van der Waals surface area contributed by atoms with Crippen molar-refractivity contribution in [2.24, 2.45) is 5.92 Å². The molecule has 1 N–H and O–H groups in total. The van der Waals surface area contributed by atoms with Gasteiger partial charge in [-0.05, 0) is 62.7 Å². The van der Waals surface area contributed by atoms with Crippen LogP contribution in [0, 0.1) is 5.92 Å². The van der Waals surface area contributed by atoms with Crippen LogP contribution in [-0.4, -0.2) is 25.5 Å². The number of benzene rings is 2. The molecule has 2 aromatic carbocycles. The highest BCUT2D eigenvalue weighted by Gasteiger charge is 2.27. The van der Waals surface area contributed by atoms with Crippen LogP contribution in [-0.2, 0) is 4.79 Å². The van der Waals surface area contributed by atoms with Gasteiger partial charge in [0.1, 0.15) is 11.5 Å². The molecule has 1 heterocycles. The fourth-order valence-corrected chi connectivity index (χ4v) is 3.12. The van der Waals surface area contributed by atoms with Gasteiger partial charge < -0.3 is 15.0 Å². The lowest BCUT2D eigenvalue weighted by atomic mass is 9.92. The van der Waals surface area contributed by atoms with Crippen LogP contribution in [0.5, 0.6) is 11.5 Å². The fourth-order valence-electron chi connectivity index (χ4n) is 3.12. The number of rotatable bonds is 4. The van der Waals surface area contributed by atoms with E-state index in [2.05, 4.69) is 12.2 Å². The van der Waals surface area contributed by atoms with Crippen molar-refractivity contribution in [3.63, 3.8) is 0 Å². The maximum atomic E-state index is 12.7. The molecule has 0 unspecified atom stereocenters. The van der Waals surface area contributed by atoms with Crippen LogP contribution in [0.1, 0.15) is 19.8 Å². The van der Waals surface area contributed by atoms with Crippen molar-refractivity contribution < 1.29 is 9.53 Å². The van der Waals surface area contributed by atoms with E-state index in [9.17, 15) is 4.79 Å². The second-order valence-electron chi connectivity index (χ2n) is 6.38. The van der Waals surface area contributed by atoms with Crippen LogP contribution in [0.3, 0.4) is 0 Å². The summed E-state index contributed by atoms with van der Waals surface area (Å²) in [6, 6.07) is 17.7. The SMILES string of the molecule is C[C@H]1C[C@@H](C(=O)N(C)c2ccc(Oc3ccccc3)cc2)CCN1. The molecule has 0 saturated carbocycles. The highest BCUT2D eigenvalue weighted by atomic mass is 16.5. The highest BCUT2D eigenvalue weighted by Crippen LogP contribution is 2.26. The van der Waals surface area contributed by atoms with Gasteiger partial charge in [0.2, 0.25) is 5.91 Å². The normalized spacial score (nSPS) is 20.4. The predicted octanol–water partition coefficient (Wildman–Crippen LogP) is 3.83. The molecule has 0 aromatic heterocycles. The topological polar surface area (TPSA) is 41.6 Å². The van der Waals surface area contributed by atoms with Crippen LogP contribution in [0.15, 0.2) is 54.6 Å². The minimum Gasteiger partial charge on any atom is -0.457 e. The number of nitrogens with zero attached hydrogens (tertiary/aromatic N) is 1. The van der Waals surface area contributed by atoms with Gasteiger partial charge in [-0.2, -0.15) is 0 Å². The lowest BCUT2D eigenvalue weighted by molar-refractivity contribution is -0.123. The maximum Gasteiger partial charge on any atom is 0.229 e. The third-order valence-corrected chi connectivity index (χ3v) is 4.51. The van der Waals surface area contributed by atoms with E-state index in [0.717, 1.165) is 36.6 Å². The van der Waals surface area contributed by atoms with Crippen molar-refractivity contribution in [2.75, 3.05) is 18.5 Å². The Morgan fingerprint density at radius 1 is 1.08 bits per heavy atom. The summed E-state index contributed by atoms with van der Waals surface area (Å²) in [7, 11) is 1.85. The zero-order chi connectivity index (χ0) is 16.9. The van der Waals surface area contributed by atoms with E-state index in [1.54, 1.807) is 4.90 Å². The standard InChI is InChI=1S/C20H24N2O2/c1-15-14-16(12-13-21-15)20(23)22(2)17-8-10-19(11-9-17)24-18-6-4-3-5-7-18/h3-11,15-16,21H,12-14H2,1-2H3/t15-,16-/m0/s1. The predicted molar refractivity (Wildman–Crippen MR) is 96.6 cm³/mol. The van der Waals surface area contributed by atoms with E-state index < -0.39 is 0 Å². The number of ether oxygens (including phenoxy) is 1. The van der Waals surface area contributed by atoms with Crippen molar-refractivity contribution in [3.8, 4) is 11.5 Å². The second-order valence-corrected chi connectivity index (χ2v) is 6.38. The Balaban J connectivity index is 1.65. The monoisotopic (exact) mass is 324 g/mol. The van der Waals surface area contributed by atoms with Crippen molar-refractivity contribution in [3.05, 3.63) is 54.6 Å².